The van der Waals surface area contributed by atoms with Gasteiger partial charge in [-0.05, 0) is 28.4 Å². The first-order valence-electron chi connectivity index (χ1n) is 3.70. The van der Waals surface area contributed by atoms with Crippen molar-refractivity contribution in [1.82, 2.24) is 4.98 Å². The van der Waals surface area contributed by atoms with E-state index in [1.165, 1.54) is 6.20 Å². The van der Waals surface area contributed by atoms with Gasteiger partial charge in [0.1, 0.15) is 0 Å². The summed E-state index contributed by atoms with van der Waals surface area (Å²) in [6.07, 6.45) is -1.04. The number of aromatic nitrogens is 1. The second-order valence-corrected chi connectivity index (χ2v) is 3.44. The molecule has 1 rings (SSSR count). The van der Waals surface area contributed by atoms with E-state index in [2.05, 4.69) is 20.9 Å². The molecule has 0 unspecified atom stereocenters. The molecule has 0 saturated heterocycles. The fourth-order valence-corrected chi connectivity index (χ4v) is 1.62. The fraction of sp³-hybridized carbons (Fsp3) is 0.375. The maximum Gasteiger partial charge on any atom is 0.265 e. The number of hydrogen-bond acceptors (Lipinski definition) is 2. The van der Waals surface area contributed by atoms with Crippen LogP contribution >= 0.6 is 15.9 Å². The molecule has 0 radical (unpaired) electrons. The molecule has 1 aromatic heterocycles. The van der Waals surface area contributed by atoms with Gasteiger partial charge in [-0.15, -0.1) is 0 Å². The normalized spacial score (nSPS) is 10.9. The molecule has 0 aliphatic carbocycles. The Labute approximate surface area is 83.3 Å². The van der Waals surface area contributed by atoms with Gasteiger partial charge >= 0.3 is 0 Å². The number of alkyl halides is 2. The van der Waals surface area contributed by atoms with E-state index in [4.69, 9.17) is 5.73 Å². The van der Waals surface area contributed by atoms with Crippen molar-refractivity contribution < 1.29 is 8.78 Å². The average Bonchev–Trinajstić information content (AvgIpc) is 2.07. The van der Waals surface area contributed by atoms with Crippen molar-refractivity contribution in [2.75, 3.05) is 0 Å². The molecule has 72 valence electrons. The molecule has 0 saturated carbocycles. The lowest BCUT2D eigenvalue weighted by molar-refractivity contribution is 0.149. The Kier molecular flexibility index (Phi) is 3.33. The van der Waals surface area contributed by atoms with Crippen LogP contribution in [0.3, 0.4) is 0 Å². The molecule has 1 aromatic rings. The third-order valence-corrected chi connectivity index (χ3v) is 2.48. The molecule has 0 atom stereocenters. The van der Waals surface area contributed by atoms with Gasteiger partial charge in [-0.1, -0.05) is 0 Å². The zero-order valence-corrected chi connectivity index (χ0v) is 8.61. The summed E-state index contributed by atoms with van der Waals surface area (Å²) in [5, 5.41) is 0. The first-order valence-corrected chi connectivity index (χ1v) is 4.49. The Bertz CT molecular complexity index is 315. The van der Waals surface area contributed by atoms with Crippen molar-refractivity contribution in [2.24, 2.45) is 5.73 Å². The Morgan fingerprint density at radius 2 is 2.23 bits per heavy atom. The van der Waals surface area contributed by atoms with E-state index >= 15 is 0 Å². The van der Waals surface area contributed by atoms with E-state index in [1.807, 2.05) is 0 Å². The fourth-order valence-electron chi connectivity index (χ4n) is 1.15. The zero-order chi connectivity index (χ0) is 10.0. The number of nitrogens with zero attached hydrogens (tertiary/aromatic N) is 1. The molecule has 0 aromatic carbocycles. The van der Waals surface area contributed by atoms with Crippen LogP contribution in [-0.2, 0) is 6.54 Å². The Balaban J connectivity index is 3.35. The van der Waals surface area contributed by atoms with E-state index in [9.17, 15) is 8.78 Å². The minimum atomic E-state index is -2.52. The third kappa shape index (κ3) is 2.03. The summed E-state index contributed by atoms with van der Waals surface area (Å²) in [6.45, 7) is 1.64. The van der Waals surface area contributed by atoms with E-state index in [-0.39, 0.29) is 12.1 Å². The van der Waals surface area contributed by atoms with Crippen LogP contribution in [0.15, 0.2) is 10.7 Å². The summed E-state index contributed by atoms with van der Waals surface area (Å²) in [6, 6.07) is 0. The highest BCUT2D eigenvalue weighted by Gasteiger charge is 2.17. The van der Waals surface area contributed by atoms with Crippen LogP contribution in [0.2, 0.25) is 0 Å². The molecule has 0 bridgehead atoms. The number of halogens is 3. The maximum absolute atomic E-state index is 12.5. The molecule has 0 fully saturated rings. The quantitative estimate of drug-likeness (QED) is 0.877. The Morgan fingerprint density at radius 1 is 1.62 bits per heavy atom. The predicted octanol–water partition coefficient (Wildman–Crippen LogP) is 2.55. The van der Waals surface area contributed by atoms with Crippen LogP contribution in [-0.4, -0.2) is 4.98 Å². The smallest absolute Gasteiger partial charge is 0.265 e. The highest BCUT2D eigenvalue weighted by atomic mass is 79.9. The van der Waals surface area contributed by atoms with Crippen molar-refractivity contribution in [1.29, 1.82) is 0 Å². The molecule has 1 heterocycles. The van der Waals surface area contributed by atoms with Crippen molar-refractivity contribution in [3.63, 3.8) is 0 Å². The SMILES string of the molecule is Cc1ncc(Br)c(CN)c1C(F)F. The van der Waals surface area contributed by atoms with Crippen LogP contribution in [0, 0.1) is 6.92 Å². The lowest BCUT2D eigenvalue weighted by Gasteiger charge is -2.10. The van der Waals surface area contributed by atoms with Gasteiger partial charge in [0.15, 0.2) is 0 Å². The van der Waals surface area contributed by atoms with Crippen LogP contribution < -0.4 is 5.73 Å². The Morgan fingerprint density at radius 3 is 2.62 bits per heavy atom. The predicted molar refractivity (Wildman–Crippen MR) is 49.5 cm³/mol. The van der Waals surface area contributed by atoms with Gasteiger partial charge in [-0.3, -0.25) is 4.98 Å². The largest absolute Gasteiger partial charge is 0.326 e. The maximum atomic E-state index is 12.5. The molecule has 2 N–H and O–H groups in total. The molecule has 13 heavy (non-hydrogen) atoms. The lowest BCUT2D eigenvalue weighted by Crippen LogP contribution is -2.06. The standard InChI is InChI=1S/C8H9BrF2N2/c1-4-7(8(10)11)5(2-12)6(9)3-13-4/h3,8H,2,12H2,1H3. The summed E-state index contributed by atoms with van der Waals surface area (Å²) in [7, 11) is 0. The highest BCUT2D eigenvalue weighted by Crippen LogP contribution is 2.29. The highest BCUT2D eigenvalue weighted by molar-refractivity contribution is 9.10. The topological polar surface area (TPSA) is 38.9 Å². The first kappa shape index (κ1) is 10.5. The lowest BCUT2D eigenvalue weighted by atomic mass is 10.1. The number of pyridine rings is 1. The molecule has 0 amide bonds. The molecule has 2 nitrogen and oxygen atoms in total. The van der Waals surface area contributed by atoms with Crippen molar-refractivity contribution in [3.05, 3.63) is 27.5 Å². The first-order chi connectivity index (χ1) is 6.07. The molecule has 0 aliphatic heterocycles. The number of hydrogen-bond donors (Lipinski definition) is 1. The Hall–Kier alpha value is -0.550. The van der Waals surface area contributed by atoms with Crippen LogP contribution in [0.1, 0.15) is 23.2 Å². The van der Waals surface area contributed by atoms with E-state index in [0.717, 1.165) is 0 Å². The molecule has 0 aliphatic rings. The minimum absolute atomic E-state index is 0.0584. The van der Waals surface area contributed by atoms with Crippen LogP contribution in [0.4, 0.5) is 8.78 Å². The minimum Gasteiger partial charge on any atom is -0.326 e. The summed E-state index contributed by atoms with van der Waals surface area (Å²) in [5.74, 6) is 0. The second kappa shape index (κ2) is 4.11. The van der Waals surface area contributed by atoms with Crippen molar-refractivity contribution in [3.8, 4) is 0 Å². The van der Waals surface area contributed by atoms with Gasteiger partial charge in [-0.2, -0.15) is 0 Å². The number of nitrogens with two attached hydrogens (primary N) is 1. The number of rotatable bonds is 2. The summed E-state index contributed by atoms with van der Waals surface area (Å²) in [4.78, 5) is 3.83. The molecular weight excluding hydrogens is 242 g/mol. The summed E-state index contributed by atoms with van der Waals surface area (Å²) >= 11 is 3.13. The van der Waals surface area contributed by atoms with Crippen molar-refractivity contribution in [2.45, 2.75) is 19.9 Å². The zero-order valence-electron chi connectivity index (χ0n) is 7.02. The van der Waals surface area contributed by atoms with Gasteiger partial charge in [-0.25, -0.2) is 8.78 Å². The summed E-state index contributed by atoms with van der Waals surface area (Å²) < 4.78 is 25.6. The average molecular weight is 251 g/mol. The van der Waals surface area contributed by atoms with Gasteiger partial charge in [0.25, 0.3) is 6.43 Å². The monoisotopic (exact) mass is 250 g/mol. The van der Waals surface area contributed by atoms with E-state index in [0.29, 0.717) is 15.7 Å². The van der Waals surface area contributed by atoms with Gasteiger partial charge in [0.05, 0.1) is 0 Å². The van der Waals surface area contributed by atoms with E-state index in [1.54, 1.807) is 6.92 Å². The summed E-state index contributed by atoms with van der Waals surface area (Å²) in [5.41, 5.74) is 6.07. The molecular formula is C8H9BrF2N2. The second-order valence-electron chi connectivity index (χ2n) is 2.59. The van der Waals surface area contributed by atoms with Crippen LogP contribution in [0.25, 0.3) is 0 Å². The van der Waals surface area contributed by atoms with Crippen LogP contribution in [0.5, 0.6) is 0 Å². The van der Waals surface area contributed by atoms with E-state index < -0.39 is 6.43 Å². The number of aryl methyl sites for hydroxylation is 1. The van der Waals surface area contributed by atoms with Gasteiger partial charge < -0.3 is 5.73 Å². The van der Waals surface area contributed by atoms with Gasteiger partial charge in [0.2, 0.25) is 0 Å². The molecule has 5 heteroatoms. The third-order valence-electron chi connectivity index (χ3n) is 1.80. The van der Waals surface area contributed by atoms with Gasteiger partial charge in [0, 0.05) is 28.5 Å². The molecule has 0 spiro atoms. The van der Waals surface area contributed by atoms with Crippen molar-refractivity contribution >= 4 is 15.9 Å².